The molecule has 38 heavy (non-hydrogen) atoms. The van der Waals surface area contributed by atoms with Crippen molar-refractivity contribution in [3.05, 3.63) is 58.7 Å². The van der Waals surface area contributed by atoms with Gasteiger partial charge >= 0.3 is 0 Å². The molecule has 0 atom stereocenters. The van der Waals surface area contributed by atoms with Crippen LogP contribution in [0.3, 0.4) is 0 Å². The molecule has 1 aliphatic heterocycles. The van der Waals surface area contributed by atoms with Gasteiger partial charge in [-0.05, 0) is 84.6 Å². The number of hydrogen-bond acceptors (Lipinski definition) is 4. The van der Waals surface area contributed by atoms with Crippen LogP contribution in [0, 0.1) is 0 Å². The second kappa shape index (κ2) is 11.8. The molecular weight excluding hydrogens is 474 g/mol. The first-order valence-corrected chi connectivity index (χ1v) is 13.8. The van der Waals surface area contributed by atoms with Crippen LogP contribution in [0.5, 0.6) is 0 Å². The third-order valence-corrected chi connectivity index (χ3v) is 6.80. The zero-order valence-corrected chi connectivity index (χ0v) is 24.5. The summed E-state index contributed by atoms with van der Waals surface area (Å²) in [5.74, 6) is -0.114. The van der Waals surface area contributed by atoms with Crippen molar-refractivity contribution in [2.75, 3.05) is 13.1 Å². The van der Waals surface area contributed by atoms with E-state index in [1.54, 1.807) is 0 Å². The number of amides is 2. The van der Waals surface area contributed by atoms with Crippen molar-refractivity contribution in [1.82, 2.24) is 15.5 Å². The maximum atomic E-state index is 13.3. The van der Waals surface area contributed by atoms with Gasteiger partial charge in [-0.3, -0.25) is 19.3 Å². The predicted molar refractivity (Wildman–Crippen MR) is 155 cm³/mol. The number of aryl methyl sites for hydroxylation is 1. The first-order chi connectivity index (χ1) is 17.6. The Labute approximate surface area is 228 Å². The van der Waals surface area contributed by atoms with Crippen LogP contribution in [0.1, 0.15) is 90.6 Å². The van der Waals surface area contributed by atoms with Crippen LogP contribution >= 0.6 is 0 Å². The zero-order valence-electron chi connectivity index (χ0n) is 24.5. The maximum Gasteiger partial charge on any atom is 0.252 e. The molecule has 0 saturated carbocycles. The molecule has 6 nitrogen and oxygen atoms in total. The summed E-state index contributed by atoms with van der Waals surface area (Å²) in [4.78, 5) is 42.0. The highest BCUT2D eigenvalue weighted by atomic mass is 16.2. The molecule has 206 valence electrons. The molecular formula is C32H45N3O3. The van der Waals surface area contributed by atoms with Crippen molar-refractivity contribution in [3.63, 3.8) is 0 Å². The minimum absolute atomic E-state index is 0.0821. The van der Waals surface area contributed by atoms with E-state index in [2.05, 4.69) is 29.4 Å². The predicted octanol–water partition coefficient (Wildman–Crippen LogP) is 5.59. The number of ketones is 1. The van der Waals surface area contributed by atoms with Crippen LogP contribution in [0.15, 0.2) is 47.5 Å². The normalized spacial score (nSPS) is 15.2. The lowest BCUT2D eigenvalue weighted by Crippen LogP contribution is -2.46. The maximum absolute atomic E-state index is 13.3. The van der Waals surface area contributed by atoms with Gasteiger partial charge in [-0.1, -0.05) is 42.0 Å². The Balaban J connectivity index is 1.83. The fourth-order valence-electron chi connectivity index (χ4n) is 4.90. The summed E-state index contributed by atoms with van der Waals surface area (Å²) in [6.07, 6.45) is 1.78. The van der Waals surface area contributed by atoms with E-state index in [9.17, 15) is 14.4 Å². The second-order valence-electron chi connectivity index (χ2n) is 12.8. The third-order valence-electron chi connectivity index (χ3n) is 6.80. The average molecular weight is 520 g/mol. The van der Waals surface area contributed by atoms with Gasteiger partial charge in [-0.2, -0.15) is 0 Å². The Hall–Kier alpha value is -2.99. The van der Waals surface area contributed by atoms with Crippen LogP contribution in [-0.2, 0) is 16.0 Å². The van der Waals surface area contributed by atoms with E-state index in [-0.39, 0.29) is 35.1 Å². The number of nitrogens with zero attached hydrogens (tertiary/aromatic N) is 1. The van der Waals surface area contributed by atoms with Crippen LogP contribution in [0.4, 0.5) is 0 Å². The zero-order chi connectivity index (χ0) is 28.3. The van der Waals surface area contributed by atoms with Crippen molar-refractivity contribution >= 4 is 28.4 Å². The van der Waals surface area contributed by atoms with E-state index in [0.717, 1.165) is 34.0 Å². The van der Waals surface area contributed by atoms with E-state index in [1.807, 2.05) is 77.9 Å². The molecule has 0 fully saturated rings. The third kappa shape index (κ3) is 8.00. The SMILES string of the molecule is CC(C)N1CCC(CC(=O)CCc2ccc3ccccc3c2C(=O)NC(C)(C)C)=C(C(=O)NC(C)(C)C)C1. The highest BCUT2D eigenvalue weighted by Crippen LogP contribution is 2.27. The van der Waals surface area contributed by atoms with Crippen molar-refractivity contribution < 1.29 is 14.4 Å². The van der Waals surface area contributed by atoms with Crippen LogP contribution in [0.25, 0.3) is 10.8 Å². The van der Waals surface area contributed by atoms with Crippen molar-refractivity contribution in [2.45, 2.75) is 98.2 Å². The summed E-state index contributed by atoms with van der Waals surface area (Å²) in [5, 5.41) is 8.07. The van der Waals surface area contributed by atoms with Crippen molar-refractivity contribution in [3.8, 4) is 0 Å². The Morgan fingerprint density at radius 1 is 0.895 bits per heavy atom. The van der Waals surface area contributed by atoms with Gasteiger partial charge in [0.25, 0.3) is 5.91 Å². The van der Waals surface area contributed by atoms with Crippen LogP contribution < -0.4 is 10.6 Å². The molecule has 0 spiro atoms. The summed E-state index contributed by atoms with van der Waals surface area (Å²) in [7, 11) is 0. The summed E-state index contributed by atoms with van der Waals surface area (Å²) in [6, 6.07) is 12.2. The number of fused-ring (bicyclic) bond motifs is 1. The molecule has 0 saturated heterocycles. The largest absolute Gasteiger partial charge is 0.348 e. The Bertz CT molecular complexity index is 1230. The Morgan fingerprint density at radius 2 is 1.53 bits per heavy atom. The first kappa shape index (κ1) is 29.6. The Morgan fingerprint density at radius 3 is 2.16 bits per heavy atom. The van der Waals surface area contributed by atoms with Gasteiger partial charge in [0.15, 0.2) is 0 Å². The fourth-order valence-corrected chi connectivity index (χ4v) is 4.90. The quantitative estimate of drug-likeness (QED) is 0.477. The summed E-state index contributed by atoms with van der Waals surface area (Å²) in [6.45, 7) is 17.5. The number of benzene rings is 2. The summed E-state index contributed by atoms with van der Waals surface area (Å²) >= 11 is 0. The van der Waals surface area contributed by atoms with Gasteiger partial charge in [-0.25, -0.2) is 0 Å². The fraction of sp³-hybridized carbons (Fsp3) is 0.531. The lowest BCUT2D eigenvalue weighted by Gasteiger charge is -2.34. The van der Waals surface area contributed by atoms with Gasteiger partial charge < -0.3 is 10.6 Å². The van der Waals surface area contributed by atoms with Gasteiger partial charge in [0.2, 0.25) is 5.91 Å². The molecule has 2 N–H and O–H groups in total. The monoisotopic (exact) mass is 519 g/mol. The molecule has 1 aliphatic rings. The van der Waals surface area contributed by atoms with Crippen LogP contribution in [-0.4, -0.2) is 52.7 Å². The molecule has 0 bridgehead atoms. The highest BCUT2D eigenvalue weighted by molar-refractivity contribution is 6.08. The highest BCUT2D eigenvalue weighted by Gasteiger charge is 2.28. The van der Waals surface area contributed by atoms with E-state index in [0.29, 0.717) is 37.4 Å². The lowest BCUT2D eigenvalue weighted by molar-refractivity contribution is -0.119. The van der Waals surface area contributed by atoms with E-state index < -0.39 is 0 Å². The first-order valence-electron chi connectivity index (χ1n) is 13.8. The molecule has 3 rings (SSSR count). The number of carbonyl (C=O) groups excluding carboxylic acids is 3. The second-order valence-corrected chi connectivity index (χ2v) is 12.8. The van der Waals surface area contributed by atoms with Gasteiger partial charge in [0.1, 0.15) is 5.78 Å². The molecule has 6 heteroatoms. The number of nitrogens with one attached hydrogen (secondary N) is 2. The van der Waals surface area contributed by atoms with Gasteiger partial charge in [0.05, 0.1) is 5.56 Å². The summed E-state index contributed by atoms with van der Waals surface area (Å²) in [5.41, 5.74) is 2.46. The van der Waals surface area contributed by atoms with Gasteiger partial charge in [-0.15, -0.1) is 0 Å². The standard InChI is InChI=1S/C32H45N3O3/c1-21(2)35-18-17-24(27(20-35)29(37)33-31(3,4)5)19-25(36)16-15-23-14-13-22-11-9-10-12-26(22)28(23)30(38)34-32(6,7)8/h9-14,21H,15-20H2,1-8H3,(H,33,37)(H,34,38). The minimum atomic E-state index is -0.373. The molecule has 0 aliphatic carbocycles. The van der Waals surface area contributed by atoms with E-state index in [4.69, 9.17) is 0 Å². The topological polar surface area (TPSA) is 78.5 Å². The molecule has 1 heterocycles. The average Bonchev–Trinajstić information content (AvgIpc) is 2.80. The molecule has 0 radical (unpaired) electrons. The number of rotatable bonds is 8. The van der Waals surface area contributed by atoms with E-state index in [1.165, 1.54) is 0 Å². The number of hydrogen-bond donors (Lipinski definition) is 2. The van der Waals surface area contributed by atoms with Crippen molar-refractivity contribution in [1.29, 1.82) is 0 Å². The molecule has 0 unspecified atom stereocenters. The summed E-state index contributed by atoms with van der Waals surface area (Å²) < 4.78 is 0. The van der Waals surface area contributed by atoms with E-state index >= 15 is 0 Å². The smallest absolute Gasteiger partial charge is 0.252 e. The Kier molecular flexibility index (Phi) is 9.19. The minimum Gasteiger partial charge on any atom is -0.348 e. The molecule has 0 aromatic heterocycles. The number of Topliss-reactive ketones (excluding diaryl/α,β-unsaturated/α-hetero) is 1. The lowest BCUT2D eigenvalue weighted by atomic mass is 9.90. The van der Waals surface area contributed by atoms with Crippen LogP contribution in [0.2, 0.25) is 0 Å². The molecule has 2 aromatic carbocycles. The van der Waals surface area contributed by atoms with Crippen molar-refractivity contribution in [2.24, 2.45) is 0 Å². The molecule has 2 aromatic rings. The number of carbonyl (C=O) groups is 3. The van der Waals surface area contributed by atoms with Gasteiger partial charge in [0, 0.05) is 48.6 Å². The molecule has 2 amide bonds.